The van der Waals surface area contributed by atoms with Crippen LogP contribution in [0.4, 0.5) is 4.39 Å². The minimum absolute atomic E-state index is 0.271. The molecule has 3 nitrogen and oxygen atoms in total. The monoisotopic (exact) mass is 305 g/mol. The van der Waals surface area contributed by atoms with Gasteiger partial charge in [-0.1, -0.05) is 29.8 Å². The predicted octanol–water partition coefficient (Wildman–Crippen LogP) is 2.40. The van der Waals surface area contributed by atoms with Crippen molar-refractivity contribution in [1.82, 2.24) is 0 Å². The van der Waals surface area contributed by atoms with Gasteiger partial charge in [-0.2, -0.15) is 0 Å². The van der Waals surface area contributed by atoms with Crippen molar-refractivity contribution in [1.29, 1.82) is 0 Å². The molecule has 3 unspecified atom stereocenters. The van der Waals surface area contributed by atoms with Crippen molar-refractivity contribution >= 4 is 9.84 Å². The van der Waals surface area contributed by atoms with E-state index in [-0.39, 0.29) is 16.6 Å². The van der Waals surface area contributed by atoms with Gasteiger partial charge in [0.1, 0.15) is 5.82 Å². The molecule has 110 valence electrons. The van der Waals surface area contributed by atoms with Gasteiger partial charge < -0.3 is 5.73 Å². The molecule has 21 heavy (non-hydrogen) atoms. The van der Waals surface area contributed by atoms with E-state index in [1.807, 2.05) is 6.92 Å². The van der Waals surface area contributed by atoms with Crippen molar-refractivity contribution in [2.45, 2.75) is 29.0 Å². The number of rotatable bonds is 3. The maximum Gasteiger partial charge on any atom is 0.183 e. The Labute approximate surface area is 123 Å². The first-order valence-corrected chi connectivity index (χ1v) is 8.27. The van der Waals surface area contributed by atoms with E-state index in [2.05, 4.69) is 0 Å². The second kappa shape index (κ2) is 4.93. The molecule has 2 aromatic rings. The molecule has 0 aliphatic heterocycles. The van der Waals surface area contributed by atoms with Gasteiger partial charge >= 0.3 is 0 Å². The van der Waals surface area contributed by atoms with E-state index in [1.165, 1.54) is 12.1 Å². The number of nitrogens with two attached hydrogens (primary N) is 1. The molecule has 3 atom stereocenters. The van der Waals surface area contributed by atoms with Crippen molar-refractivity contribution in [2.24, 2.45) is 5.73 Å². The minimum Gasteiger partial charge on any atom is -0.326 e. The molecule has 1 saturated carbocycles. The zero-order valence-electron chi connectivity index (χ0n) is 11.5. The molecule has 0 aromatic heterocycles. The topological polar surface area (TPSA) is 60.2 Å². The number of hydrogen-bond donors (Lipinski definition) is 1. The highest BCUT2D eigenvalue weighted by atomic mass is 32.2. The maximum absolute atomic E-state index is 13.3. The van der Waals surface area contributed by atoms with Gasteiger partial charge in [0.2, 0.25) is 0 Å². The second-order valence-corrected chi connectivity index (χ2v) is 7.59. The zero-order valence-corrected chi connectivity index (χ0v) is 12.3. The van der Waals surface area contributed by atoms with E-state index in [4.69, 9.17) is 5.73 Å². The summed E-state index contributed by atoms with van der Waals surface area (Å²) in [4.78, 5) is 0.271. The lowest BCUT2D eigenvalue weighted by molar-refractivity contribution is 0.593. The molecule has 5 heteroatoms. The molecule has 2 N–H and O–H groups in total. The lowest BCUT2D eigenvalue weighted by Gasteiger charge is -2.04. The molecule has 2 aromatic carbocycles. The first kappa shape index (κ1) is 14.2. The maximum atomic E-state index is 13.3. The fourth-order valence-electron chi connectivity index (χ4n) is 2.72. The van der Waals surface area contributed by atoms with Crippen LogP contribution in [0.15, 0.2) is 53.4 Å². The Hall–Kier alpha value is -1.72. The van der Waals surface area contributed by atoms with Crippen LogP contribution >= 0.6 is 0 Å². The third-order valence-electron chi connectivity index (χ3n) is 3.95. The number of benzene rings is 2. The summed E-state index contributed by atoms with van der Waals surface area (Å²) in [5.74, 6) is -0.718. The molecule has 1 fully saturated rings. The highest BCUT2D eigenvalue weighted by Gasteiger charge is 2.57. The van der Waals surface area contributed by atoms with Crippen LogP contribution in [0.3, 0.4) is 0 Å². The molecule has 0 bridgehead atoms. The van der Waals surface area contributed by atoms with Crippen molar-refractivity contribution in [2.75, 3.05) is 0 Å². The largest absolute Gasteiger partial charge is 0.326 e. The molecule has 0 spiro atoms. The summed E-state index contributed by atoms with van der Waals surface area (Å²) in [5.41, 5.74) is 7.58. The van der Waals surface area contributed by atoms with Gasteiger partial charge in [-0.25, -0.2) is 12.8 Å². The van der Waals surface area contributed by atoms with Gasteiger partial charge in [0.05, 0.1) is 10.1 Å². The van der Waals surface area contributed by atoms with E-state index >= 15 is 0 Å². The summed E-state index contributed by atoms with van der Waals surface area (Å²) < 4.78 is 38.5. The Morgan fingerprint density at radius 3 is 2.38 bits per heavy atom. The molecule has 3 rings (SSSR count). The quantitative estimate of drug-likeness (QED) is 0.947. The zero-order chi connectivity index (χ0) is 15.2. The standard InChI is InChI=1S/C16H16FNO2S/c1-10-5-7-13(8-6-10)21(19,20)16-14(15(16)18)11-3-2-4-12(17)9-11/h2-9,14-16H,18H2,1H3. The first-order chi connectivity index (χ1) is 9.91. The van der Waals surface area contributed by atoms with Crippen LogP contribution in [0.25, 0.3) is 0 Å². The average Bonchev–Trinajstić information content (AvgIpc) is 3.12. The smallest absolute Gasteiger partial charge is 0.183 e. The Kier molecular flexibility index (Phi) is 3.34. The summed E-state index contributed by atoms with van der Waals surface area (Å²) in [7, 11) is -3.49. The molecule has 0 saturated heterocycles. The predicted molar refractivity (Wildman–Crippen MR) is 79.3 cm³/mol. The van der Waals surface area contributed by atoms with Crippen molar-refractivity contribution < 1.29 is 12.8 Å². The van der Waals surface area contributed by atoms with Gasteiger partial charge in [0.15, 0.2) is 9.84 Å². The second-order valence-electron chi connectivity index (χ2n) is 5.48. The molecule has 0 heterocycles. The van der Waals surface area contributed by atoms with Crippen LogP contribution in [0.2, 0.25) is 0 Å². The van der Waals surface area contributed by atoms with Gasteiger partial charge in [-0.3, -0.25) is 0 Å². The summed E-state index contributed by atoms with van der Waals surface area (Å²) in [6.07, 6.45) is 0. The Morgan fingerprint density at radius 1 is 1.10 bits per heavy atom. The molecular weight excluding hydrogens is 289 g/mol. The van der Waals surface area contributed by atoms with Crippen LogP contribution < -0.4 is 5.73 Å². The number of halogens is 1. The van der Waals surface area contributed by atoms with E-state index in [0.717, 1.165) is 5.56 Å². The number of sulfone groups is 1. The Balaban J connectivity index is 1.93. The third kappa shape index (κ3) is 2.47. The molecule has 1 aliphatic rings. The summed E-state index contributed by atoms with van der Waals surface area (Å²) in [6.45, 7) is 1.90. The van der Waals surface area contributed by atoms with Crippen molar-refractivity contribution in [3.63, 3.8) is 0 Å². The Morgan fingerprint density at radius 2 is 1.76 bits per heavy atom. The molecule has 1 aliphatic carbocycles. The molecule has 0 radical (unpaired) electrons. The van der Waals surface area contributed by atoms with Crippen LogP contribution in [-0.4, -0.2) is 19.7 Å². The fourth-order valence-corrected chi connectivity index (χ4v) is 4.76. The number of aryl methyl sites for hydroxylation is 1. The lowest BCUT2D eigenvalue weighted by Crippen LogP contribution is -2.15. The van der Waals surface area contributed by atoms with E-state index in [9.17, 15) is 12.8 Å². The normalized spacial score (nSPS) is 24.8. The van der Waals surface area contributed by atoms with Gasteiger partial charge in [-0.05, 0) is 36.8 Å². The van der Waals surface area contributed by atoms with Gasteiger partial charge in [0, 0.05) is 12.0 Å². The third-order valence-corrected chi connectivity index (χ3v) is 6.20. The van der Waals surface area contributed by atoms with E-state index in [0.29, 0.717) is 5.56 Å². The van der Waals surface area contributed by atoms with Gasteiger partial charge in [-0.15, -0.1) is 0 Å². The SMILES string of the molecule is Cc1ccc(S(=O)(=O)C2C(N)C2c2cccc(F)c2)cc1. The van der Waals surface area contributed by atoms with Gasteiger partial charge in [0.25, 0.3) is 0 Å². The van der Waals surface area contributed by atoms with Crippen LogP contribution in [0, 0.1) is 12.7 Å². The average molecular weight is 305 g/mol. The summed E-state index contributed by atoms with van der Waals surface area (Å²) >= 11 is 0. The van der Waals surface area contributed by atoms with E-state index < -0.39 is 21.1 Å². The van der Waals surface area contributed by atoms with E-state index in [1.54, 1.807) is 36.4 Å². The molecule has 0 amide bonds. The fraction of sp³-hybridized carbons (Fsp3) is 0.250. The van der Waals surface area contributed by atoms with Crippen molar-refractivity contribution in [3.8, 4) is 0 Å². The number of hydrogen-bond acceptors (Lipinski definition) is 3. The Bertz CT molecular complexity index is 771. The highest BCUT2D eigenvalue weighted by Crippen LogP contribution is 2.47. The molecular formula is C16H16FNO2S. The van der Waals surface area contributed by atoms with Crippen LogP contribution in [0.5, 0.6) is 0 Å². The van der Waals surface area contributed by atoms with Crippen LogP contribution in [-0.2, 0) is 9.84 Å². The minimum atomic E-state index is -3.49. The lowest BCUT2D eigenvalue weighted by atomic mass is 10.1. The van der Waals surface area contributed by atoms with Crippen molar-refractivity contribution in [3.05, 3.63) is 65.5 Å². The summed E-state index contributed by atoms with van der Waals surface area (Å²) in [6, 6.07) is 12.2. The highest BCUT2D eigenvalue weighted by molar-refractivity contribution is 7.92. The summed E-state index contributed by atoms with van der Waals surface area (Å²) in [5, 5.41) is -0.679. The first-order valence-electron chi connectivity index (χ1n) is 6.73. The van der Waals surface area contributed by atoms with Crippen LogP contribution in [0.1, 0.15) is 17.0 Å².